The van der Waals surface area contributed by atoms with E-state index < -0.39 is 0 Å². The normalized spacial score (nSPS) is 15.4. The summed E-state index contributed by atoms with van der Waals surface area (Å²) in [6.45, 7) is 4.98. The number of rotatable bonds is 5. The van der Waals surface area contributed by atoms with Gasteiger partial charge in [0.25, 0.3) is 0 Å². The number of nitrogens with zero attached hydrogens (tertiary/aromatic N) is 4. The molecule has 0 unspecified atom stereocenters. The number of fused-ring (bicyclic) bond motifs is 1. The van der Waals surface area contributed by atoms with E-state index in [1.165, 1.54) is 11.5 Å². The van der Waals surface area contributed by atoms with Crippen LogP contribution >= 0.6 is 22.9 Å². The Hall–Kier alpha value is -1.97. The SMILES string of the molecule is CC(=O)OCCN1CCN(C(=O)Cn2c(=O)sc3nc(Cl)ccc32)CC1. The fourth-order valence-electron chi connectivity index (χ4n) is 2.85. The topological polar surface area (TPSA) is 84.7 Å². The highest BCUT2D eigenvalue weighted by Gasteiger charge is 2.22. The predicted octanol–water partition coefficient (Wildman–Crippen LogP) is 0.819. The quantitative estimate of drug-likeness (QED) is 0.547. The Morgan fingerprint density at radius 1 is 1.27 bits per heavy atom. The zero-order valence-electron chi connectivity index (χ0n) is 14.3. The Bertz CT molecular complexity index is 873. The lowest BCUT2D eigenvalue weighted by Crippen LogP contribution is -2.50. The lowest BCUT2D eigenvalue weighted by molar-refractivity contribution is -0.141. The number of aromatic nitrogens is 2. The van der Waals surface area contributed by atoms with Crippen LogP contribution in [0.25, 0.3) is 10.3 Å². The number of thiazole rings is 1. The van der Waals surface area contributed by atoms with Crippen LogP contribution in [0.3, 0.4) is 0 Å². The highest BCUT2D eigenvalue weighted by Crippen LogP contribution is 2.18. The Balaban J connectivity index is 1.57. The molecule has 0 N–H and O–H groups in total. The molecule has 26 heavy (non-hydrogen) atoms. The Labute approximate surface area is 158 Å². The van der Waals surface area contributed by atoms with Crippen molar-refractivity contribution in [1.82, 2.24) is 19.4 Å². The van der Waals surface area contributed by atoms with Crippen LogP contribution in [0.5, 0.6) is 0 Å². The molecule has 0 atom stereocenters. The second-order valence-electron chi connectivity index (χ2n) is 5.97. The minimum absolute atomic E-state index is 0.00437. The van der Waals surface area contributed by atoms with Crippen LogP contribution in [0.4, 0.5) is 0 Å². The van der Waals surface area contributed by atoms with Crippen LogP contribution in [0.1, 0.15) is 6.92 Å². The van der Waals surface area contributed by atoms with Gasteiger partial charge in [0, 0.05) is 39.6 Å². The fraction of sp³-hybridized carbons (Fsp3) is 0.500. The van der Waals surface area contributed by atoms with Gasteiger partial charge in [-0.25, -0.2) is 4.98 Å². The smallest absolute Gasteiger partial charge is 0.310 e. The van der Waals surface area contributed by atoms with Gasteiger partial charge in [0.05, 0.1) is 5.52 Å². The van der Waals surface area contributed by atoms with E-state index in [2.05, 4.69) is 9.88 Å². The summed E-state index contributed by atoms with van der Waals surface area (Å²) in [4.78, 5) is 43.9. The van der Waals surface area contributed by atoms with E-state index in [0.29, 0.717) is 54.8 Å². The number of piperazine rings is 1. The Morgan fingerprint density at radius 3 is 2.69 bits per heavy atom. The van der Waals surface area contributed by atoms with E-state index in [1.807, 2.05) is 0 Å². The number of halogens is 1. The molecule has 10 heteroatoms. The summed E-state index contributed by atoms with van der Waals surface area (Å²) in [5.41, 5.74) is 0.623. The van der Waals surface area contributed by atoms with E-state index in [9.17, 15) is 14.4 Å². The first-order chi connectivity index (χ1) is 12.4. The van der Waals surface area contributed by atoms with Crippen LogP contribution in [-0.2, 0) is 20.9 Å². The van der Waals surface area contributed by atoms with Gasteiger partial charge in [0.1, 0.15) is 23.1 Å². The summed E-state index contributed by atoms with van der Waals surface area (Å²) in [5, 5.41) is 0.321. The molecule has 1 fully saturated rings. The molecule has 3 rings (SSSR count). The molecule has 0 aliphatic carbocycles. The van der Waals surface area contributed by atoms with E-state index >= 15 is 0 Å². The highest BCUT2D eigenvalue weighted by molar-refractivity contribution is 7.16. The van der Waals surface area contributed by atoms with E-state index in [-0.39, 0.29) is 23.3 Å². The largest absolute Gasteiger partial charge is 0.465 e. The molecular formula is C16H19ClN4O4S. The molecular weight excluding hydrogens is 380 g/mol. The number of esters is 1. The zero-order chi connectivity index (χ0) is 18.7. The molecule has 0 aromatic carbocycles. The van der Waals surface area contributed by atoms with Gasteiger partial charge in [-0.2, -0.15) is 0 Å². The first-order valence-electron chi connectivity index (χ1n) is 8.23. The molecule has 2 aromatic rings. The molecule has 1 amide bonds. The van der Waals surface area contributed by atoms with Crippen molar-refractivity contribution in [3.63, 3.8) is 0 Å². The molecule has 0 saturated carbocycles. The lowest BCUT2D eigenvalue weighted by Gasteiger charge is -2.34. The average molecular weight is 399 g/mol. The minimum atomic E-state index is -0.289. The molecule has 1 saturated heterocycles. The number of hydrogen-bond acceptors (Lipinski definition) is 7. The predicted molar refractivity (Wildman–Crippen MR) is 98.5 cm³/mol. The summed E-state index contributed by atoms with van der Waals surface area (Å²) < 4.78 is 6.38. The van der Waals surface area contributed by atoms with Gasteiger partial charge in [-0.15, -0.1) is 0 Å². The number of hydrogen-bond donors (Lipinski definition) is 0. The zero-order valence-corrected chi connectivity index (χ0v) is 15.9. The molecule has 0 radical (unpaired) electrons. The maximum atomic E-state index is 12.6. The fourth-order valence-corrected chi connectivity index (χ4v) is 3.91. The van der Waals surface area contributed by atoms with E-state index in [0.717, 1.165) is 11.3 Å². The van der Waals surface area contributed by atoms with Crippen LogP contribution in [-0.4, -0.2) is 70.6 Å². The lowest BCUT2D eigenvalue weighted by atomic mass is 10.3. The maximum absolute atomic E-state index is 12.6. The number of amides is 1. The van der Waals surface area contributed by atoms with Crippen molar-refractivity contribution < 1.29 is 14.3 Å². The van der Waals surface area contributed by atoms with Crippen molar-refractivity contribution in [2.45, 2.75) is 13.5 Å². The molecule has 1 aliphatic heterocycles. The van der Waals surface area contributed by atoms with Crippen LogP contribution in [0.15, 0.2) is 16.9 Å². The molecule has 3 heterocycles. The first kappa shape index (κ1) is 18.8. The van der Waals surface area contributed by atoms with Gasteiger partial charge in [0.15, 0.2) is 0 Å². The summed E-state index contributed by atoms with van der Waals surface area (Å²) >= 11 is 6.84. The third-order valence-corrected chi connectivity index (χ3v) is 5.33. The van der Waals surface area contributed by atoms with Gasteiger partial charge in [-0.3, -0.25) is 23.9 Å². The van der Waals surface area contributed by atoms with Crippen molar-refractivity contribution in [2.24, 2.45) is 0 Å². The summed E-state index contributed by atoms with van der Waals surface area (Å²) in [5.74, 6) is -0.385. The number of carbonyl (C=O) groups excluding carboxylic acids is 2. The van der Waals surface area contributed by atoms with Gasteiger partial charge < -0.3 is 9.64 Å². The highest BCUT2D eigenvalue weighted by atomic mass is 35.5. The van der Waals surface area contributed by atoms with Gasteiger partial charge >= 0.3 is 10.8 Å². The number of pyridine rings is 1. The first-order valence-corrected chi connectivity index (χ1v) is 9.43. The van der Waals surface area contributed by atoms with E-state index in [1.54, 1.807) is 17.0 Å². The van der Waals surface area contributed by atoms with Gasteiger partial charge in [-0.05, 0) is 12.1 Å². The van der Waals surface area contributed by atoms with Crippen molar-refractivity contribution in [3.8, 4) is 0 Å². The third-order valence-electron chi connectivity index (χ3n) is 4.23. The molecule has 140 valence electrons. The molecule has 1 aliphatic rings. The number of carbonyl (C=O) groups is 2. The third kappa shape index (κ3) is 4.40. The van der Waals surface area contributed by atoms with Crippen LogP contribution in [0.2, 0.25) is 5.15 Å². The van der Waals surface area contributed by atoms with Crippen molar-refractivity contribution >= 4 is 45.2 Å². The maximum Gasteiger partial charge on any atom is 0.310 e. The van der Waals surface area contributed by atoms with Crippen LogP contribution in [0, 0.1) is 0 Å². The molecule has 0 spiro atoms. The monoisotopic (exact) mass is 398 g/mol. The molecule has 0 bridgehead atoms. The average Bonchev–Trinajstić information content (AvgIpc) is 2.89. The molecule has 8 nitrogen and oxygen atoms in total. The van der Waals surface area contributed by atoms with Gasteiger partial charge in [-0.1, -0.05) is 22.9 Å². The Morgan fingerprint density at radius 2 is 2.00 bits per heavy atom. The van der Waals surface area contributed by atoms with Crippen LogP contribution < -0.4 is 4.87 Å². The standard InChI is InChI=1S/C16H19ClN4O4S/c1-11(22)25-9-8-19-4-6-20(7-5-19)14(23)10-21-12-2-3-13(17)18-15(12)26-16(21)24/h2-3H,4-10H2,1H3. The summed E-state index contributed by atoms with van der Waals surface area (Å²) in [6, 6.07) is 3.32. The minimum Gasteiger partial charge on any atom is -0.465 e. The van der Waals surface area contributed by atoms with E-state index in [4.69, 9.17) is 16.3 Å². The Kier molecular flexibility index (Phi) is 5.90. The molecule has 2 aromatic heterocycles. The number of ether oxygens (including phenoxy) is 1. The second-order valence-corrected chi connectivity index (χ2v) is 7.30. The second kappa shape index (κ2) is 8.15. The van der Waals surface area contributed by atoms with Gasteiger partial charge in [0.2, 0.25) is 5.91 Å². The summed E-state index contributed by atoms with van der Waals surface area (Å²) in [7, 11) is 0. The summed E-state index contributed by atoms with van der Waals surface area (Å²) in [6.07, 6.45) is 0. The van der Waals surface area contributed by atoms with Crippen molar-refractivity contribution in [3.05, 3.63) is 27.0 Å². The van der Waals surface area contributed by atoms with Crippen molar-refractivity contribution in [1.29, 1.82) is 0 Å². The van der Waals surface area contributed by atoms with Crippen molar-refractivity contribution in [2.75, 3.05) is 39.3 Å².